The van der Waals surface area contributed by atoms with Gasteiger partial charge in [0.2, 0.25) is 0 Å². The molecule has 0 aliphatic heterocycles. The number of hydrogen-bond donors (Lipinski definition) is 1. The van der Waals surface area contributed by atoms with Gasteiger partial charge in [-0.15, -0.1) is 0 Å². The van der Waals surface area contributed by atoms with Gasteiger partial charge in [-0.1, -0.05) is 6.92 Å². The normalized spacial score (nSPS) is 12.6. The van der Waals surface area contributed by atoms with Gasteiger partial charge in [-0.2, -0.15) is 0 Å². The van der Waals surface area contributed by atoms with Crippen molar-refractivity contribution in [2.24, 2.45) is 0 Å². The molecule has 0 fully saturated rings. The third-order valence-corrected chi connectivity index (χ3v) is 3.50. The lowest BCUT2D eigenvalue weighted by atomic mass is 10.1. The van der Waals surface area contributed by atoms with E-state index in [0.29, 0.717) is 6.61 Å². The molecule has 1 aromatic heterocycles. The van der Waals surface area contributed by atoms with E-state index in [1.54, 1.807) is 7.11 Å². The molecule has 0 spiro atoms. The highest BCUT2D eigenvalue weighted by Crippen LogP contribution is 2.20. The molecule has 1 unspecified atom stereocenters. The number of aryl methyl sites for hydroxylation is 2. The maximum absolute atomic E-state index is 5.70. The maximum Gasteiger partial charge on any atom is 0.157 e. The summed E-state index contributed by atoms with van der Waals surface area (Å²) < 4.78 is 10.7. The highest BCUT2D eigenvalue weighted by Gasteiger charge is 2.16. The van der Waals surface area contributed by atoms with Gasteiger partial charge < -0.3 is 14.8 Å². The zero-order chi connectivity index (χ0) is 15.7. The van der Waals surface area contributed by atoms with E-state index in [2.05, 4.69) is 36.1 Å². The van der Waals surface area contributed by atoms with Crippen molar-refractivity contribution in [3.8, 4) is 0 Å². The molecule has 1 heterocycles. The van der Waals surface area contributed by atoms with Gasteiger partial charge in [0.1, 0.15) is 6.10 Å². The first-order valence-electron chi connectivity index (χ1n) is 7.79. The minimum atomic E-state index is 0.00118. The van der Waals surface area contributed by atoms with Crippen molar-refractivity contribution in [1.29, 1.82) is 0 Å². The van der Waals surface area contributed by atoms with E-state index in [1.807, 2.05) is 6.92 Å². The highest BCUT2D eigenvalue weighted by molar-refractivity contribution is 5.25. The Morgan fingerprint density at radius 3 is 2.29 bits per heavy atom. The second-order valence-corrected chi connectivity index (χ2v) is 5.08. The van der Waals surface area contributed by atoms with Crippen molar-refractivity contribution in [3.05, 3.63) is 22.8 Å². The van der Waals surface area contributed by atoms with Crippen LogP contribution in [0, 0.1) is 13.8 Å². The summed E-state index contributed by atoms with van der Waals surface area (Å²) in [6.07, 6.45) is 1.83. The molecule has 1 rings (SSSR count). The van der Waals surface area contributed by atoms with Crippen LogP contribution in [0.2, 0.25) is 0 Å². The largest absolute Gasteiger partial charge is 0.383 e. The lowest BCUT2D eigenvalue weighted by Gasteiger charge is -2.17. The third-order valence-electron chi connectivity index (χ3n) is 3.50. The number of rotatable bonds is 10. The van der Waals surface area contributed by atoms with Crippen LogP contribution in [0.4, 0.5) is 0 Å². The van der Waals surface area contributed by atoms with Crippen LogP contribution in [-0.4, -0.2) is 43.4 Å². The van der Waals surface area contributed by atoms with Crippen molar-refractivity contribution < 1.29 is 9.47 Å². The molecule has 120 valence electrons. The van der Waals surface area contributed by atoms with E-state index in [9.17, 15) is 0 Å². The summed E-state index contributed by atoms with van der Waals surface area (Å²) in [6, 6.07) is 0. The van der Waals surface area contributed by atoms with Crippen LogP contribution in [0.3, 0.4) is 0 Å². The van der Waals surface area contributed by atoms with Crippen LogP contribution in [0.1, 0.15) is 49.1 Å². The fourth-order valence-corrected chi connectivity index (χ4v) is 2.36. The number of nitrogens with one attached hydrogen (secondary N) is 1. The molecule has 21 heavy (non-hydrogen) atoms. The molecule has 5 heteroatoms. The summed E-state index contributed by atoms with van der Waals surface area (Å²) in [7, 11) is 1.71. The van der Waals surface area contributed by atoms with Gasteiger partial charge in [0.15, 0.2) is 5.82 Å². The number of ether oxygens (including phenoxy) is 2. The van der Waals surface area contributed by atoms with E-state index < -0.39 is 0 Å². The quantitative estimate of drug-likeness (QED) is 0.672. The minimum absolute atomic E-state index is 0.00118. The Hall–Kier alpha value is -1.04. The Balaban J connectivity index is 2.70. The molecule has 0 saturated heterocycles. The predicted octanol–water partition coefficient (Wildman–Crippen LogP) is 2.36. The summed E-state index contributed by atoms with van der Waals surface area (Å²) >= 11 is 0. The van der Waals surface area contributed by atoms with Gasteiger partial charge in [0, 0.05) is 31.6 Å². The number of methoxy groups -OCH3 is 1. The van der Waals surface area contributed by atoms with Crippen molar-refractivity contribution in [2.75, 3.05) is 33.4 Å². The van der Waals surface area contributed by atoms with Gasteiger partial charge in [-0.25, -0.2) is 9.97 Å². The summed E-state index contributed by atoms with van der Waals surface area (Å²) in [5.74, 6) is 0.811. The fourth-order valence-electron chi connectivity index (χ4n) is 2.36. The first-order valence-corrected chi connectivity index (χ1v) is 7.79. The molecule has 1 N–H and O–H groups in total. The second kappa shape index (κ2) is 9.82. The third kappa shape index (κ3) is 5.69. The van der Waals surface area contributed by atoms with E-state index in [1.165, 1.54) is 5.56 Å². The van der Waals surface area contributed by atoms with Crippen LogP contribution in [-0.2, 0) is 15.9 Å². The highest BCUT2D eigenvalue weighted by atomic mass is 16.5. The summed E-state index contributed by atoms with van der Waals surface area (Å²) in [5, 5.41) is 3.35. The molecule has 0 saturated carbocycles. The average molecular weight is 295 g/mol. The standard InChI is InChI=1S/C16H29N3O2/c1-6-15(21-7-2)16-18-12(3)14(13(4)19-16)8-9-17-10-11-20-5/h15,17H,6-11H2,1-5H3. The molecular formula is C16H29N3O2. The summed E-state index contributed by atoms with van der Waals surface area (Å²) in [4.78, 5) is 9.30. The molecule has 1 atom stereocenters. The molecule has 0 aliphatic rings. The molecule has 0 radical (unpaired) electrons. The molecule has 0 amide bonds. The first-order chi connectivity index (χ1) is 10.1. The maximum atomic E-state index is 5.70. The first kappa shape index (κ1) is 18.0. The van der Waals surface area contributed by atoms with Crippen LogP contribution in [0.15, 0.2) is 0 Å². The van der Waals surface area contributed by atoms with E-state index in [4.69, 9.17) is 9.47 Å². The molecule has 0 bridgehead atoms. The number of aromatic nitrogens is 2. The number of nitrogens with zero attached hydrogens (tertiary/aromatic N) is 2. The van der Waals surface area contributed by atoms with Crippen LogP contribution in [0.25, 0.3) is 0 Å². The van der Waals surface area contributed by atoms with E-state index in [0.717, 1.165) is 49.8 Å². The Morgan fingerprint density at radius 2 is 1.76 bits per heavy atom. The predicted molar refractivity (Wildman–Crippen MR) is 84.6 cm³/mol. The van der Waals surface area contributed by atoms with E-state index >= 15 is 0 Å². The van der Waals surface area contributed by atoms with Crippen molar-refractivity contribution >= 4 is 0 Å². The Labute approximate surface area is 128 Å². The topological polar surface area (TPSA) is 56.3 Å². The Morgan fingerprint density at radius 1 is 1.10 bits per heavy atom. The lowest BCUT2D eigenvalue weighted by molar-refractivity contribution is 0.0532. The smallest absolute Gasteiger partial charge is 0.157 e. The zero-order valence-corrected chi connectivity index (χ0v) is 14.0. The summed E-state index contributed by atoms with van der Waals surface area (Å²) in [5.41, 5.74) is 3.35. The van der Waals surface area contributed by atoms with Crippen molar-refractivity contribution in [3.63, 3.8) is 0 Å². The average Bonchev–Trinajstić information content (AvgIpc) is 2.46. The SMILES string of the molecule is CCOC(CC)c1nc(C)c(CCNCCOC)c(C)n1. The second-order valence-electron chi connectivity index (χ2n) is 5.08. The molecular weight excluding hydrogens is 266 g/mol. The molecule has 0 aliphatic carbocycles. The fraction of sp³-hybridized carbons (Fsp3) is 0.750. The Bertz CT molecular complexity index is 401. The van der Waals surface area contributed by atoms with Crippen LogP contribution >= 0.6 is 0 Å². The van der Waals surface area contributed by atoms with Crippen LogP contribution in [0.5, 0.6) is 0 Å². The number of hydrogen-bond acceptors (Lipinski definition) is 5. The van der Waals surface area contributed by atoms with Gasteiger partial charge in [-0.3, -0.25) is 0 Å². The molecule has 1 aromatic rings. The van der Waals surface area contributed by atoms with Crippen molar-refractivity contribution in [2.45, 2.75) is 46.6 Å². The minimum Gasteiger partial charge on any atom is -0.383 e. The van der Waals surface area contributed by atoms with Crippen LogP contribution < -0.4 is 5.32 Å². The van der Waals surface area contributed by atoms with E-state index in [-0.39, 0.29) is 6.10 Å². The van der Waals surface area contributed by atoms with Gasteiger partial charge in [-0.05, 0) is 45.7 Å². The van der Waals surface area contributed by atoms with Gasteiger partial charge in [0.25, 0.3) is 0 Å². The Kier molecular flexibility index (Phi) is 8.42. The molecule has 0 aromatic carbocycles. The summed E-state index contributed by atoms with van der Waals surface area (Å²) in [6.45, 7) is 11.4. The van der Waals surface area contributed by atoms with Gasteiger partial charge >= 0.3 is 0 Å². The molecule has 5 nitrogen and oxygen atoms in total. The zero-order valence-electron chi connectivity index (χ0n) is 14.0. The van der Waals surface area contributed by atoms with Gasteiger partial charge in [0.05, 0.1) is 6.61 Å². The lowest BCUT2D eigenvalue weighted by Crippen LogP contribution is -2.23. The monoisotopic (exact) mass is 295 g/mol. The van der Waals surface area contributed by atoms with Crippen molar-refractivity contribution in [1.82, 2.24) is 15.3 Å².